The number of phenols is 1. The molecule has 4 nitrogen and oxygen atoms in total. The highest BCUT2D eigenvalue weighted by Crippen LogP contribution is 2.14. The molecule has 0 atom stereocenters. The van der Waals surface area contributed by atoms with E-state index in [1.165, 1.54) is 24.3 Å². The topological polar surface area (TPSA) is 66.4 Å². The molecule has 96 valence electrons. The number of thioether (sulfide) groups is 1. The zero-order chi connectivity index (χ0) is 12.7. The number of phenolic OH excluding ortho intramolecular Hbond substituents is 1. The van der Waals surface area contributed by atoms with Gasteiger partial charge in [0.25, 0.3) is 0 Å². The van der Waals surface area contributed by atoms with Crippen molar-refractivity contribution in [2.75, 3.05) is 18.6 Å². The SMILES string of the molecule is CSCCCCNS(=O)(=O)c1ccc(O)cc1. The van der Waals surface area contributed by atoms with Crippen LogP contribution in [0.5, 0.6) is 5.75 Å². The maximum atomic E-state index is 11.8. The van der Waals surface area contributed by atoms with Gasteiger partial charge in [0.1, 0.15) is 5.75 Å². The molecule has 0 heterocycles. The molecule has 0 saturated carbocycles. The number of sulfonamides is 1. The first-order valence-corrected chi connectivity index (χ1v) is 8.21. The third-order valence-corrected chi connectivity index (χ3v) is 4.39. The molecule has 0 aliphatic rings. The van der Waals surface area contributed by atoms with E-state index in [1.807, 2.05) is 6.26 Å². The molecule has 1 rings (SSSR count). The predicted octanol–water partition coefficient (Wildman–Crippen LogP) is 1.81. The number of rotatable bonds is 7. The summed E-state index contributed by atoms with van der Waals surface area (Å²) in [4.78, 5) is 0.181. The predicted molar refractivity (Wildman–Crippen MR) is 70.9 cm³/mol. The maximum absolute atomic E-state index is 11.8. The molecule has 1 aromatic rings. The molecule has 0 fully saturated rings. The van der Waals surface area contributed by atoms with E-state index in [4.69, 9.17) is 5.11 Å². The highest BCUT2D eigenvalue weighted by molar-refractivity contribution is 7.98. The molecule has 0 spiro atoms. The third-order valence-electron chi connectivity index (χ3n) is 2.21. The van der Waals surface area contributed by atoms with Crippen molar-refractivity contribution in [2.45, 2.75) is 17.7 Å². The van der Waals surface area contributed by atoms with Crippen LogP contribution in [0.15, 0.2) is 29.2 Å². The zero-order valence-electron chi connectivity index (χ0n) is 9.72. The Bertz CT molecular complexity index is 429. The minimum Gasteiger partial charge on any atom is -0.508 e. The van der Waals surface area contributed by atoms with E-state index in [9.17, 15) is 8.42 Å². The van der Waals surface area contributed by atoms with Gasteiger partial charge in [0.15, 0.2) is 0 Å². The van der Waals surface area contributed by atoms with Crippen LogP contribution >= 0.6 is 11.8 Å². The van der Waals surface area contributed by atoms with Gasteiger partial charge in [0, 0.05) is 6.54 Å². The van der Waals surface area contributed by atoms with E-state index in [0.717, 1.165) is 18.6 Å². The second kappa shape index (κ2) is 6.88. The highest BCUT2D eigenvalue weighted by atomic mass is 32.2. The van der Waals surface area contributed by atoms with Gasteiger partial charge in [-0.1, -0.05) is 0 Å². The van der Waals surface area contributed by atoms with Crippen LogP contribution in [0.2, 0.25) is 0 Å². The molecule has 0 aromatic heterocycles. The van der Waals surface area contributed by atoms with Crippen molar-refractivity contribution in [3.63, 3.8) is 0 Å². The third kappa shape index (κ3) is 4.97. The fraction of sp³-hybridized carbons (Fsp3) is 0.455. The van der Waals surface area contributed by atoms with Crippen molar-refractivity contribution in [1.29, 1.82) is 0 Å². The van der Waals surface area contributed by atoms with Gasteiger partial charge < -0.3 is 5.11 Å². The molecule has 6 heteroatoms. The number of nitrogens with one attached hydrogen (secondary N) is 1. The first kappa shape index (κ1) is 14.3. The van der Waals surface area contributed by atoms with Crippen LogP contribution in [0.4, 0.5) is 0 Å². The minimum atomic E-state index is -3.43. The lowest BCUT2D eigenvalue weighted by Gasteiger charge is -2.06. The summed E-state index contributed by atoms with van der Waals surface area (Å²) in [5.74, 6) is 1.10. The Kier molecular flexibility index (Phi) is 5.80. The van der Waals surface area contributed by atoms with Crippen LogP contribution in [0, 0.1) is 0 Å². The highest BCUT2D eigenvalue weighted by Gasteiger charge is 2.12. The van der Waals surface area contributed by atoms with E-state index in [2.05, 4.69) is 4.72 Å². The number of hydrogen-bond acceptors (Lipinski definition) is 4. The van der Waals surface area contributed by atoms with E-state index in [-0.39, 0.29) is 10.6 Å². The molecule has 17 heavy (non-hydrogen) atoms. The van der Waals surface area contributed by atoms with E-state index in [1.54, 1.807) is 11.8 Å². The van der Waals surface area contributed by atoms with Gasteiger partial charge in [-0.25, -0.2) is 13.1 Å². The average Bonchev–Trinajstić information content (AvgIpc) is 2.29. The Labute approximate surface area is 106 Å². The van der Waals surface area contributed by atoms with Gasteiger partial charge in [-0.3, -0.25) is 0 Å². The standard InChI is InChI=1S/C11H17NO3S2/c1-16-9-3-2-8-12-17(14,15)11-6-4-10(13)5-7-11/h4-7,12-13H,2-3,8-9H2,1H3. The summed E-state index contributed by atoms with van der Waals surface area (Å²) in [6, 6.07) is 5.50. The van der Waals surface area contributed by atoms with E-state index in [0.29, 0.717) is 6.54 Å². The quantitative estimate of drug-likeness (QED) is 0.745. The number of aromatic hydroxyl groups is 1. The summed E-state index contributed by atoms with van der Waals surface area (Å²) in [6.45, 7) is 0.448. The molecule has 0 aliphatic heterocycles. The van der Waals surface area contributed by atoms with Gasteiger partial charge in [-0.15, -0.1) is 0 Å². The fourth-order valence-corrected chi connectivity index (χ4v) is 2.85. The van der Waals surface area contributed by atoms with Crippen molar-refractivity contribution in [1.82, 2.24) is 4.72 Å². The number of benzene rings is 1. The van der Waals surface area contributed by atoms with E-state index < -0.39 is 10.0 Å². The molecule has 0 unspecified atom stereocenters. The van der Waals surface area contributed by atoms with Crippen LogP contribution < -0.4 is 4.72 Å². The lowest BCUT2D eigenvalue weighted by Crippen LogP contribution is -2.24. The zero-order valence-corrected chi connectivity index (χ0v) is 11.4. The Hall–Kier alpha value is -0.720. The fourth-order valence-electron chi connectivity index (χ4n) is 1.29. The summed E-state index contributed by atoms with van der Waals surface area (Å²) in [5, 5.41) is 9.08. The van der Waals surface area contributed by atoms with Crippen LogP contribution in [0.25, 0.3) is 0 Å². The first-order chi connectivity index (χ1) is 8.06. The summed E-state index contributed by atoms with van der Waals surface area (Å²) in [5.41, 5.74) is 0. The van der Waals surface area contributed by atoms with Gasteiger partial charge in [0.05, 0.1) is 4.90 Å². The molecule has 0 radical (unpaired) electrons. The lowest BCUT2D eigenvalue weighted by atomic mass is 10.3. The Morgan fingerprint density at radius 2 is 1.88 bits per heavy atom. The summed E-state index contributed by atoms with van der Waals surface area (Å²) in [7, 11) is -3.43. The summed E-state index contributed by atoms with van der Waals surface area (Å²) < 4.78 is 26.1. The molecule has 0 amide bonds. The lowest BCUT2D eigenvalue weighted by molar-refractivity contribution is 0.474. The summed E-state index contributed by atoms with van der Waals surface area (Å²) >= 11 is 1.75. The Morgan fingerprint density at radius 1 is 1.24 bits per heavy atom. The smallest absolute Gasteiger partial charge is 0.240 e. The van der Waals surface area contributed by atoms with Gasteiger partial charge >= 0.3 is 0 Å². The molecule has 2 N–H and O–H groups in total. The summed E-state index contributed by atoms with van der Waals surface area (Å²) in [6.07, 6.45) is 3.86. The largest absolute Gasteiger partial charge is 0.508 e. The number of unbranched alkanes of at least 4 members (excludes halogenated alkanes) is 1. The molecular formula is C11H17NO3S2. The van der Waals surface area contributed by atoms with Crippen molar-refractivity contribution in [2.24, 2.45) is 0 Å². The second-order valence-corrected chi connectivity index (χ2v) is 6.34. The second-order valence-electron chi connectivity index (χ2n) is 3.59. The Morgan fingerprint density at radius 3 is 2.47 bits per heavy atom. The molecule has 1 aromatic carbocycles. The Balaban J connectivity index is 2.48. The van der Waals surface area contributed by atoms with Gasteiger partial charge in [-0.05, 0) is 49.1 Å². The van der Waals surface area contributed by atoms with Crippen molar-refractivity contribution in [3.8, 4) is 5.75 Å². The van der Waals surface area contributed by atoms with Crippen LogP contribution in [0.1, 0.15) is 12.8 Å². The van der Waals surface area contributed by atoms with Gasteiger partial charge in [-0.2, -0.15) is 11.8 Å². The maximum Gasteiger partial charge on any atom is 0.240 e. The van der Waals surface area contributed by atoms with Crippen molar-refractivity contribution >= 4 is 21.8 Å². The normalized spacial score (nSPS) is 11.6. The molecule has 0 aliphatic carbocycles. The van der Waals surface area contributed by atoms with Crippen LogP contribution in [-0.2, 0) is 10.0 Å². The van der Waals surface area contributed by atoms with Crippen molar-refractivity contribution < 1.29 is 13.5 Å². The van der Waals surface area contributed by atoms with Gasteiger partial charge in [0.2, 0.25) is 10.0 Å². The minimum absolute atomic E-state index is 0.0592. The first-order valence-electron chi connectivity index (χ1n) is 5.34. The number of hydrogen-bond donors (Lipinski definition) is 2. The molecular weight excluding hydrogens is 258 g/mol. The van der Waals surface area contributed by atoms with Crippen LogP contribution in [0.3, 0.4) is 0 Å². The van der Waals surface area contributed by atoms with E-state index >= 15 is 0 Å². The van der Waals surface area contributed by atoms with Crippen molar-refractivity contribution in [3.05, 3.63) is 24.3 Å². The molecule has 0 saturated heterocycles. The van der Waals surface area contributed by atoms with Crippen LogP contribution in [-0.4, -0.2) is 32.1 Å². The average molecular weight is 275 g/mol. The molecule has 0 bridgehead atoms. The monoisotopic (exact) mass is 275 g/mol.